The van der Waals surface area contributed by atoms with Gasteiger partial charge in [0.2, 0.25) is 17.6 Å². The molecule has 4 aromatic rings. The van der Waals surface area contributed by atoms with Gasteiger partial charge in [-0.15, -0.1) is 0 Å². The van der Waals surface area contributed by atoms with Gasteiger partial charge in [0.1, 0.15) is 5.75 Å². The third-order valence-electron chi connectivity index (χ3n) is 5.47. The maximum Gasteiger partial charge on any atom is 0.227 e. The first kappa shape index (κ1) is 21.6. The van der Waals surface area contributed by atoms with Gasteiger partial charge in [0.15, 0.2) is 0 Å². The SMILES string of the molecule is COc1ccc2cc(CNC(=O)CCc3nc(-c4ccc(C(C)C)cc4)no3)ccc2c1. The largest absolute Gasteiger partial charge is 0.497 e. The third-order valence-corrected chi connectivity index (χ3v) is 5.47. The Balaban J connectivity index is 1.29. The molecule has 0 spiro atoms. The van der Waals surface area contributed by atoms with Crippen LogP contribution in [0.4, 0.5) is 0 Å². The molecule has 3 aromatic carbocycles. The summed E-state index contributed by atoms with van der Waals surface area (Å²) in [6.07, 6.45) is 0.694. The number of aromatic nitrogens is 2. The van der Waals surface area contributed by atoms with Gasteiger partial charge in [-0.1, -0.05) is 61.5 Å². The van der Waals surface area contributed by atoms with Crippen LogP contribution >= 0.6 is 0 Å². The van der Waals surface area contributed by atoms with Crippen molar-refractivity contribution in [1.82, 2.24) is 15.5 Å². The number of nitrogens with one attached hydrogen (secondary N) is 1. The van der Waals surface area contributed by atoms with Crippen LogP contribution in [0.1, 0.15) is 43.2 Å². The summed E-state index contributed by atoms with van der Waals surface area (Å²) in [6, 6.07) is 20.2. The van der Waals surface area contributed by atoms with Crippen molar-refractivity contribution in [3.05, 3.63) is 77.7 Å². The van der Waals surface area contributed by atoms with Crippen molar-refractivity contribution in [3.8, 4) is 17.1 Å². The standard InChI is InChI=1S/C26H27N3O3/c1-17(2)19-6-8-20(9-7-19)26-28-25(32-29-26)13-12-24(30)27-16-18-4-5-22-15-23(31-3)11-10-21(22)14-18/h4-11,14-15,17H,12-13,16H2,1-3H3,(H,27,30). The van der Waals surface area contributed by atoms with Crippen molar-refractivity contribution in [2.45, 2.75) is 39.2 Å². The maximum absolute atomic E-state index is 12.3. The molecule has 32 heavy (non-hydrogen) atoms. The number of fused-ring (bicyclic) bond motifs is 1. The molecule has 0 aliphatic rings. The Kier molecular flexibility index (Phi) is 6.50. The molecule has 6 heteroatoms. The fourth-order valence-electron chi connectivity index (χ4n) is 3.51. The molecule has 1 aromatic heterocycles. The van der Waals surface area contributed by atoms with E-state index in [0.717, 1.165) is 27.6 Å². The van der Waals surface area contributed by atoms with Gasteiger partial charge >= 0.3 is 0 Å². The Morgan fingerprint density at radius 3 is 2.53 bits per heavy atom. The van der Waals surface area contributed by atoms with Crippen molar-refractivity contribution < 1.29 is 14.1 Å². The molecule has 0 aliphatic carbocycles. The lowest BCUT2D eigenvalue weighted by molar-refractivity contribution is -0.121. The van der Waals surface area contributed by atoms with E-state index in [-0.39, 0.29) is 5.91 Å². The minimum absolute atomic E-state index is 0.0548. The first-order valence-electron chi connectivity index (χ1n) is 10.8. The molecule has 0 saturated heterocycles. The van der Waals surface area contributed by atoms with E-state index in [1.807, 2.05) is 42.5 Å². The quantitative estimate of drug-likeness (QED) is 0.413. The van der Waals surface area contributed by atoms with E-state index in [9.17, 15) is 4.79 Å². The van der Waals surface area contributed by atoms with Crippen molar-refractivity contribution in [2.75, 3.05) is 7.11 Å². The van der Waals surface area contributed by atoms with Gasteiger partial charge in [0.25, 0.3) is 0 Å². The highest BCUT2D eigenvalue weighted by molar-refractivity contribution is 5.84. The Morgan fingerprint density at radius 2 is 1.78 bits per heavy atom. The van der Waals surface area contributed by atoms with Crippen molar-refractivity contribution in [2.24, 2.45) is 0 Å². The fourth-order valence-corrected chi connectivity index (χ4v) is 3.51. The predicted molar refractivity (Wildman–Crippen MR) is 124 cm³/mol. The highest BCUT2D eigenvalue weighted by Crippen LogP contribution is 2.22. The normalized spacial score (nSPS) is 11.1. The van der Waals surface area contributed by atoms with Crippen LogP contribution in [0.5, 0.6) is 5.75 Å². The predicted octanol–water partition coefficient (Wildman–Crippen LogP) is 5.27. The second kappa shape index (κ2) is 9.64. The number of methoxy groups -OCH3 is 1. The highest BCUT2D eigenvalue weighted by atomic mass is 16.5. The van der Waals surface area contributed by atoms with E-state index in [0.29, 0.717) is 37.0 Å². The molecule has 164 valence electrons. The van der Waals surface area contributed by atoms with E-state index in [2.05, 4.69) is 47.5 Å². The summed E-state index contributed by atoms with van der Waals surface area (Å²) in [5.74, 6) is 2.25. The maximum atomic E-state index is 12.3. The average Bonchev–Trinajstić information content (AvgIpc) is 3.30. The lowest BCUT2D eigenvalue weighted by Gasteiger charge is -2.07. The van der Waals surface area contributed by atoms with Crippen LogP contribution in [0.25, 0.3) is 22.2 Å². The zero-order valence-electron chi connectivity index (χ0n) is 18.6. The zero-order valence-corrected chi connectivity index (χ0v) is 18.6. The Morgan fingerprint density at radius 1 is 1.03 bits per heavy atom. The number of aryl methyl sites for hydroxylation is 1. The van der Waals surface area contributed by atoms with E-state index >= 15 is 0 Å². The third kappa shape index (κ3) is 5.14. The molecule has 0 aliphatic heterocycles. The number of nitrogens with zero attached hydrogens (tertiary/aromatic N) is 2. The molecule has 0 atom stereocenters. The van der Waals surface area contributed by atoms with Crippen molar-refractivity contribution >= 4 is 16.7 Å². The van der Waals surface area contributed by atoms with Crippen LogP contribution in [-0.2, 0) is 17.8 Å². The smallest absolute Gasteiger partial charge is 0.227 e. The minimum atomic E-state index is -0.0548. The molecule has 1 N–H and O–H groups in total. The number of rotatable bonds is 8. The summed E-state index contributed by atoms with van der Waals surface area (Å²) in [5.41, 5.74) is 3.21. The fraction of sp³-hybridized carbons (Fsp3) is 0.269. The average molecular weight is 430 g/mol. The second-order valence-corrected chi connectivity index (χ2v) is 8.11. The number of hydrogen-bond donors (Lipinski definition) is 1. The van der Waals surface area contributed by atoms with Gasteiger partial charge in [-0.25, -0.2) is 0 Å². The van der Waals surface area contributed by atoms with E-state index in [4.69, 9.17) is 9.26 Å². The number of carbonyl (C=O) groups excluding carboxylic acids is 1. The van der Waals surface area contributed by atoms with Gasteiger partial charge in [0, 0.05) is 24.9 Å². The van der Waals surface area contributed by atoms with Gasteiger partial charge in [-0.2, -0.15) is 4.98 Å². The molecule has 4 rings (SSSR count). The van der Waals surface area contributed by atoms with Gasteiger partial charge < -0.3 is 14.6 Å². The lowest BCUT2D eigenvalue weighted by atomic mass is 10.0. The lowest BCUT2D eigenvalue weighted by Crippen LogP contribution is -2.23. The van der Waals surface area contributed by atoms with E-state index in [1.165, 1.54) is 5.56 Å². The van der Waals surface area contributed by atoms with Crippen molar-refractivity contribution in [1.29, 1.82) is 0 Å². The number of carbonyl (C=O) groups is 1. The first-order chi connectivity index (χ1) is 15.5. The van der Waals surface area contributed by atoms with E-state index < -0.39 is 0 Å². The van der Waals surface area contributed by atoms with Crippen LogP contribution in [0.3, 0.4) is 0 Å². The molecule has 0 fully saturated rings. The number of hydrogen-bond acceptors (Lipinski definition) is 5. The number of ether oxygens (including phenoxy) is 1. The van der Waals surface area contributed by atoms with Crippen LogP contribution in [0, 0.1) is 0 Å². The summed E-state index contributed by atoms with van der Waals surface area (Å²) in [7, 11) is 1.66. The molecule has 6 nitrogen and oxygen atoms in total. The van der Waals surface area contributed by atoms with Gasteiger partial charge in [-0.05, 0) is 46.0 Å². The van der Waals surface area contributed by atoms with Crippen LogP contribution in [-0.4, -0.2) is 23.2 Å². The van der Waals surface area contributed by atoms with E-state index in [1.54, 1.807) is 7.11 Å². The first-order valence-corrected chi connectivity index (χ1v) is 10.8. The van der Waals surface area contributed by atoms with Gasteiger partial charge in [0.05, 0.1) is 7.11 Å². The topological polar surface area (TPSA) is 77.2 Å². The Hall–Kier alpha value is -3.67. The van der Waals surface area contributed by atoms with Crippen molar-refractivity contribution in [3.63, 3.8) is 0 Å². The van der Waals surface area contributed by atoms with Crippen LogP contribution in [0.2, 0.25) is 0 Å². The number of amides is 1. The minimum Gasteiger partial charge on any atom is -0.497 e. The molecular weight excluding hydrogens is 402 g/mol. The molecule has 0 radical (unpaired) electrons. The second-order valence-electron chi connectivity index (χ2n) is 8.11. The molecule has 0 unspecified atom stereocenters. The summed E-state index contributed by atoms with van der Waals surface area (Å²) in [4.78, 5) is 16.7. The molecule has 0 saturated carbocycles. The monoisotopic (exact) mass is 429 g/mol. The summed E-state index contributed by atoms with van der Waals surface area (Å²) >= 11 is 0. The summed E-state index contributed by atoms with van der Waals surface area (Å²) < 4.78 is 10.6. The zero-order chi connectivity index (χ0) is 22.5. The summed E-state index contributed by atoms with van der Waals surface area (Å²) in [5, 5.41) is 9.22. The Bertz CT molecular complexity index is 1210. The molecule has 1 amide bonds. The van der Waals surface area contributed by atoms with Gasteiger partial charge in [-0.3, -0.25) is 4.79 Å². The van der Waals surface area contributed by atoms with Crippen LogP contribution < -0.4 is 10.1 Å². The molecule has 0 bridgehead atoms. The number of benzene rings is 3. The molecule has 1 heterocycles. The highest BCUT2D eigenvalue weighted by Gasteiger charge is 2.11. The van der Waals surface area contributed by atoms with Crippen LogP contribution in [0.15, 0.2) is 65.2 Å². The Labute approximate surface area is 187 Å². The molecular formula is C26H27N3O3. The summed E-state index contributed by atoms with van der Waals surface area (Å²) in [6.45, 7) is 4.78.